The second kappa shape index (κ2) is 4.51. The van der Waals surface area contributed by atoms with Gasteiger partial charge in [0, 0.05) is 12.2 Å². The first kappa shape index (κ1) is 13.0. The molecule has 1 aliphatic carbocycles. The first-order valence-electron chi connectivity index (χ1n) is 7.01. The highest BCUT2D eigenvalue weighted by Gasteiger charge is 2.54. The minimum atomic E-state index is -0.453. The highest BCUT2D eigenvalue weighted by atomic mass is 16.2. The van der Waals surface area contributed by atoms with Crippen molar-refractivity contribution in [2.24, 2.45) is 5.73 Å². The van der Waals surface area contributed by atoms with Crippen LogP contribution in [0.15, 0.2) is 24.3 Å². The fraction of sp³-hybridized carbons (Fsp3) is 0.467. The van der Waals surface area contributed by atoms with Crippen LogP contribution in [0, 0.1) is 0 Å². The van der Waals surface area contributed by atoms with Crippen LogP contribution in [0.3, 0.4) is 0 Å². The van der Waals surface area contributed by atoms with Crippen LogP contribution in [0.1, 0.15) is 31.2 Å². The third kappa shape index (κ3) is 1.94. The molecule has 2 aliphatic rings. The van der Waals surface area contributed by atoms with Crippen LogP contribution in [0.5, 0.6) is 0 Å². The first-order valence-corrected chi connectivity index (χ1v) is 7.01. The normalized spacial score (nSPS) is 23.6. The van der Waals surface area contributed by atoms with Gasteiger partial charge in [-0.2, -0.15) is 0 Å². The Balaban J connectivity index is 1.86. The summed E-state index contributed by atoms with van der Waals surface area (Å²) in [6.07, 6.45) is 3.19. The van der Waals surface area contributed by atoms with Crippen molar-refractivity contribution < 1.29 is 9.59 Å². The van der Waals surface area contributed by atoms with E-state index in [9.17, 15) is 9.59 Å². The summed E-state index contributed by atoms with van der Waals surface area (Å²) in [5.41, 5.74) is 12.3. The zero-order valence-electron chi connectivity index (χ0n) is 11.3. The molecular formula is C15H19N3O2. The molecule has 4 N–H and O–H groups in total. The first-order chi connectivity index (χ1) is 9.54. The maximum absolute atomic E-state index is 12.8. The summed E-state index contributed by atoms with van der Waals surface area (Å²) in [7, 11) is 0. The molecule has 0 radical (unpaired) electrons. The van der Waals surface area contributed by atoms with Crippen molar-refractivity contribution in [1.82, 2.24) is 4.90 Å². The van der Waals surface area contributed by atoms with E-state index in [-0.39, 0.29) is 5.91 Å². The molecule has 1 aromatic rings. The lowest BCUT2D eigenvalue weighted by atomic mass is 9.93. The van der Waals surface area contributed by atoms with Gasteiger partial charge in [-0.1, -0.05) is 12.1 Å². The van der Waals surface area contributed by atoms with E-state index in [2.05, 4.69) is 0 Å². The van der Waals surface area contributed by atoms with Crippen LogP contribution >= 0.6 is 0 Å². The Hall–Kier alpha value is -2.04. The third-order valence-electron chi connectivity index (χ3n) is 4.46. The standard InChI is InChI=1S/C15H19N3O2/c16-11-5-3-10(4-6-11)15(7-8-15)14(20)18-9-1-2-12(18)13(17)19/h3-6,12H,1-2,7-9,16H2,(H2,17,19). The second-order valence-corrected chi connectivity index (χ2v) is 5.76. The quantitative estimate of drug-likeness (QED) is 0.797. The van der Waals surface area contributed by atoms with E-state index in [1.165, 1.54) is 0 Å². The van der Waals surface area contributed by atoms with Crippen molar-refractivity contribution in [3.63, 3.8) is 0 Å². The highest BCUT2D eigenvalue weighted by Crippen LogP contribution is 2.50. The van der Waals surface area contributed by atoms with Gasteiger partial charge in [-0.05, 0) is 43.4 Å². The van der Waals surface area contributed by atoms with Crippen molar-refractivity contribution in [3.8, 4) is 0 Å². The van der Waals surface area contributed by atoms with E-state index in [1.54, 1.807) is 4.90 Å². The van der Waals surface area contributed by atoms with Crippen LogP contribution in [0.2, 0.25) is 0 Å². The fourth-order valence-corrected chi connectivity index (χ4v) is 3.13. The van der Waals surface area contributed by atoms with E-state index < -0.39 is 17.4 Å². The molecule has 106 valence electrons. The van der Waals surface area contributed by atoms with Crippen molar-refractivity contribution in [1.29, 1.82) is 0 Å². The molecule has 1 aromatic carbocycles. The fourth-order valence-electron chi connectivity index (χ4n) is 3.13. The van der Waals surface area contributed by atoms with E-state index in [0.29, 0.717) is 18.7 Å². The molecule has 1 unspecified atom stereocenters. The molecule has 1 atom stereocenters. The molecule has 1 saturated heterocycles. The summed E-state index contributed by atoms with van der Waals surface area (Å²) in [5, 5.41) is 0. The molecule has 5 nitrogen and oxygen atoms in total. The van der Waals surface area contributed by atoms with Gasteiger partial charge >= 0.3 is 0 Å². The molecule has 2 fully saturated rings. The van der Waals surface area contributed by atoms with Crippen molar-refractivity contribution in [2.75, 3.05) is 12.3 Å². The molecule has 0 spiro atoms. The van der Waals surface area contributed by atoms with Crippen LogP contribution in [0.25, 0.3) is 0 Å². The Morgan fingerprint density at radius 2 is 1.85 bits per heavy atom. The van der Waals surface area contributed by atoms with Gasteiger partial charge in [0.2, 0.25) is 11.8 Å². The number of carbonyl (C=O) groups excluding carboxylic acids is 2. The van der Waals surface area contributed by atoms with Gasteiger partial charge in [0.1, 0.15) is 6.04 Å². The smallest absolute Gasteiger partial charge is 0.240 e. The van der Waals surface area contributed by atoms with Crippen LogP contribution in [0.4, 0.5) is 5.69 Å². The van der Waals surface area contributed by atoms with E-state index in [1.807, 2.05) is 24.3 Å². The number of nitrogen functional groups attached to an aromatic ring is 1. The van der Waals surface area contributed by atoms with Gasteiger partial charge in [0.05, 0.1) is 5.41 Å². The largest absolute Gasteiger partial charge is 0.399 e. The highest BCUT2D eigenvalue weighted by molar-refractivity contribution is 5.95. The summed E-state index contributed by atoms with van der Waals surface area (Å²) in [4.78, 5) is 25.9. The van der Waals surface area contributed by atoms with Crippen molar-refractivity contribution in [2.45, 2.75) is 37.1 Å². The van der Waals surface area contributed by atoms with Gasteiger partial charge in [-0.15, -0.1) is 0 Å². The number of amides is 2. The summed E-state index contributed by atoms with van der Waals surface area (Å²) >= 11 is 0. The second-order valence-electron chi connectivity index (χ2n) is 5.76. The molecule has 1 heterocycles. The number of primary amides is 1. The molecular weight excluding hydrogens is 254 g/mol. The Bertz CT molecular complexity index is 549. The lowest BCUT2D eigenvalue weighted by Gasteiger charge is -2.27. The van der Waals surface area contributed by atoms with Gasteiger partial charge in [-0.25, -0.2) is 0 Å². The molecule has 5 heteroatoms. The predicted molar refractivity (Wildman–Crippen MR) is 75.7 cm³/mol. The van der Waals surface area contributed by atoms with Crippen molar-refractivity contribution >= 4 is 17.5 Å². The van der Waals surface area contributed by atoms with E-state index in [0.717, 1.165) is 24.8 Å². The van der Waals surface area contributed by atoms with Gasteiger partial charge in [0.25, 0.3) is 0 Å². The van der Waals surface area contributed by atoms with E-state index >= 15 is 0 Å². The van der Waals surface area contributed by atoms with Gasteiger partial charge in [0.15, 0.2) is 0 Å². The monoisotopic (exact) mass is 273 g/mol. The maximum Gasteiger partial charge on any atom is 0.240 e. The van der Waals surface area contributed by atoms with Crippen molar-refractivity contribution in [3.05, 3.63) is 29.8 Å². The average molecular weight is 273 g/mol. The van der Waals surface area contributed by atoms with Crippen LogP contribution in [-0.2, 0) is 15.0 Å². The number of rotatable bonds is 3. The number of hydrogen-bond acceptors (Lipinski definition) is 3. The number of nitrogens with zero attached hydrogens (tertiary/aromatic N) is 1. The Labute approximate surface area is 117 Å². The molecule has 2 amide bonds. The Morgan fingerprint density at radius 1 is 1.20 bits per heavy atom. The Morgan fingerprint density at radius 3 is 2.40 bits per heavy atom. The maximum atomic E-state index is 12.8. The summed E-state index contributed by atoms with van der Waals surface area (Å²) < 4.78 is 0. The predicted octanol–water partition coefficient (Wildman–Crippen LogP) is 0.777. The lowest BCUT2D eigenvalue weighted by molar-refractivity contribution is -0.139. The third-order valence-corrected chi connectivity index (χ3v) is 4.46. The Kier molecular flexibility index (Phi) is 2.92. The number of hydrogen-bond donors (Lipinski definition) is 2. The number of likely N-dealkylation sites (tertiary alicyclic amines) is 1. The molecule has 20 heavy (non-hydrogen) atoms. The molecule has 1 saturated carbocycles. The van der Waals surface area contributed by atoms with E-state index in [4.69, 9.17) is 11.5 Å². The van der Waals surface area contributed by atoms with Gasteiger partial charge in [-0.3, -0.25) is 9.59 Å². The number of benzene rings is 1. The average Bonchev–Trinajstić information content (AvgIpc) is 3.08. The zero-order valence-corrected chi connectivity index (χ0v) is 11.3. The SMILES string of the molecule is NC(=O)C1CCCN1C(=O)C1(c2ccc(N)cc2)CC1. The summed E-state index contributed by atoms with van der Waals surface area (Å²) in [6.45, 7) is 0.628. The minimum absolute atomic E-state index is 0.0450. The minimum Gasteiger partial charge on any atom is -0.399 e. The zero-order chi connectivity index (χ0) is 14.3. The number of carbonyl (C=O) groups is 2. The molecule has 1 aliphatic heterocycles. The number of nitrogens with two attached hydrogens (primary N) is 2. The van der Waals surface area contributed by atoms with Gasteiger partial charge < -0.3 is 16.4 Å². The summed E-state index contributed by atoms with van der Waals surface area (Å²) in [6, 6.07) is 7.02. The van der Waals surface area contributed by atoms with Crippen LogP contribution in [-0.4, -0.2) is 29.3 Å². The summed E-state index contributed by atoms with van der Waals surface area (Å²) in [5.74, 6) is -0.354. The molecule has 0 aromatic heterocycles. The lowest BCUT2D eigenvalue weighted by Crippen LogP contribution is -2.47. The molecule has 3 rings (SSSR count). The van der Waals surface area contributed by atoms with Crippen LogP contribution < -0.4 is 11.5 Å². The topological polar surface area (TPSA) is 89.4 Å². The number of anilines is 1. The molecule has 0 bridgehead atoms.